The molecule has 38 heavy (non-hydrogen) atoms. The summed E-state index contributed by atoms with van der Waals surface area (Å²) in [6.45, 7) is 2.35. The van der Waals surface area contributed by atoms with Crippen LogP contribution in [0.3, 0.4) is 0 Å². The Morgan fingerprint density at radius 2 is 1.58 bits per heavy atom. The van der Waals surface area contributed by atoms with Crippen molar-refractivity contribution in [3.05, 3.63) is 119 Å². The van der Waals surface area contributed by atoms with Crippen LogP contribution in [0.1, 0.15) is 40.5 Å². The van der Waals surface area contributed by atoms with Crippen LogP contribution in [0.5, 0.6) is 11.5 Å². The van der Waals surface area contributed by atoms with E-state index >= 15 is 0 Å². The first-order valence-electron chi connectivity index (χ1n) is 12.8. The van der Waals surface area contributed by atoms with Crippen LogP contribution in [0.15, 0.2) is 95.4 Å². The van der Waals surface area contributed by atoms with Crippen molar-refractivity contribution in [2.24, 2.45) is 5.73 Å². The molecule has 0 saturated heterocycles. The third-order valence-electron chi connectivity index (χ3n) is 6.38. The minimum absolute atomic E-state index is 0.0130. The van der Waals surface area contributed by atoms with Crippen LogP contribution in [-0.4, -0.2) is 40.7 Å². The number of rotatable bonds is 14. The first-order valence-corrected chi connectivity index (χ1v) is 12.8. The molecule has 1 amide bonds. The summed E-state index contributed by atoms with van der Waals surface area (Å²) in [7, 11) is 0. The maximum Gasteiger partial charge on any atom is 0.221 e. The lowest BCUT2D eigenvalue weighted by Crippen LogP contribution is -2.30. The van der Waals surface area contributed by atoms with Crippen LogP contribution < -0.4 is 10.5 Å². The average molecular weight is 515 g/mol. The van der Waals surface area contributed by atoms with Crippen molar-refractivity contribution >= 4 is 5.91 Å². The summed E-state index contributed by atoms with van der Waals surface area (Å²) in [5.41, 5.74) is 8.34. The van der Waals surface area contributed by atoms with E-state index in [1.54, 1.807) is 18.2 Å². The van der Waals surface area contributed by atoms with E-state index in [-0.39, 0.29) is 24.7 Å². The molecule has 1 heterocycles. The molecule has 4 aromatic rings. The molecule has 0 bridgehead atoms. The van der Waals surface area contributed by atoms with Crippen LogP contribution in [-0.2, 0) is 24.4 Å². The fourth-order valence-corrected chi connectivity index (χ4v) is 4.55. The molecule has 4 rings (SSSR count). The van der Waals surface area contributed by atoms with Crippen LogP contribution >= 0.6 is 0 Å². The lowest BCUT2D eigenvalue weighted by Gasteiger charge is -2.28. The zero-order valence-electron chi connectivity index (χ0n) is 21.3. The highest BCUT2D eigenvalue weighted by atomic mass is 16.5. The summed E-state index contributed by atoms with van der Waals surface area (Å²) in [5.74, 6) is 1.40. The molecule has 0 saturated carbocycles. The fraction of sp³-hybridized carbons (Fsp3) is 0.258. The smallest absolute Gasteiger partial charge is 0.221 e. The number of aliphatic hydroxyl groups is 1. The Bertz CT molecular complexity index is 1250. The quantitative estimate of drug-likeness (QED) is 0.212. The van der Waals surface area contributed by atoms with Crippen LogP contribution in [0.2, 0.25) is 0 Å². The zero-order chi connectivity index (χ0) is 26.7. The molecule has 7 nitrogen and oxygen atoms in total. The number of nitrogens with two attached hydrogens (primary N) is 1. The molecule has 0 aliphatic rings. The molecular formula is C31H34N2O5. The molecule has 198 valence electrons. The van der Waals surface area contributed by atoms with E-state index in [1.807, 2.05) is 18.2 Å². The van der Waals surface area contributed by atoms with Gasteiger partial charge in [0, 0.05) is 19.0 Å². The number of ether oxygens (including phenoxy) is 1. The van der Waals surface area contributed by atoms with Crippen LogP contribution in [0, 0.1) is 0 Å². The van der Waals surface area contributed by atoms with E-state index in [0.717, 1.165) is 18.8 Å². The molecule has 0 radical (unpaired) electrons. The Labute approximate surface area is 223 Å². The van der Waals surface area contributed by atoms with Crippen LogP contribution in [0.25, 0.3) is 0 Å². The Kier molecular flexibility index (Phi) is 9.56. The van der Waals surface area contributed by atoms with Gasteiger partial charge in [0.1, 0.15) is 18.1 Å². The number of hydrogen-bond acceptors (Lipinski definition) is 6. The number of carbonyl (C=O) groups is 1. The number of primary amides is 1. The second kappa shape index (κ2) is 13.5. The van der Waals surface area contributed by atoms with Gasteiger partial charge >= 0.3 is 0 Å². The van der Waals surface area contributed by atoms with Gasteiger partial charge in [-0.1, -0.05) is 66.7 Å². The summed E-state index contributed by atoms with van der Waals surface area (Å²) < 4.78 is 11.6. The van der Waals surface area contributed by atoms with Gasteiger partial charge in [0.15, 0.2) is 11.5 Å². The van der Waals surface area contributed by atoms with Crippen molar-refractivity contribution < 1.29 is 24.2 Å². The van der Waals surface area contributed by atoms with Crippen molar-refractivity contribution in [1.82, 2.24) is 4.90 Å². The Morgan fingerprint density at radius 1 is 0.921 bits per heavy atom. The van der Waals surface area contributed by atoms with Crippen molar-refractivity contribution in [3.8, 4) is 11.5 Å². The molecular weight excluding hydrogens is 480 g/mol. The van der Waals surface area contributed by atoms with E-state index in [4.69, 9.17) is 14.9 Å². The van der Waals surface area contributed by atoms with Gasteiger partial charge in [-0.15, -0.1) is 0 Å². The van der Waals surface area contributed by atoms with Gasteiger partial charge in [0.25, 0.3) is 0 Å². The zero-order valence-corrected chi connectivity index (χ0v) is 21.3. The normalized spacial score (nSPS) is 11.2. The largest absolute Gasteiger partial charge is 0.504 e. The highest BCUT2D eigenvalue weighted by Crippen LogP contribution is 2.28. The number of aromatic hydroxyl groups is 1. The maximum absolute atomic E-state index is 11.1. The first-order chi connectivity index (χ1) is 18.5. The summed E-state index contributed by atoms with van der Waals surface area (Å²) >= 11 is 0. The first kappa shape index (κ1) is 27.0. The predicted octanol–water partition coefficient (Wildman–Crippen LogP) is 4.61. The summed E-state index contributed by atoms with van der Waals surface area (Å²) in [6, 6.07) is 29.5. The summed E-state index contributed by atoms with van der Waals surface area (Å²) in [4.78, 5) is 13.5. The SMILES string of the molecule is NC(=O)Cc1ccc(OCCCN(Cc2ccc(CO)o2)CC(c2ccccc2)c2ccccc2)c(O)c1. The monoisotopic (exact) mass is 514 g/mol. The Balaban J connectivity index is 1.45. The maximum atomic E-state index is 11.1. The lowest BCUT2D eigenvalue weighted by atomic mass is 9.90. The number of phenols is 1. The van der Waals surface area contributed by atoms with E-state index in [1.165, 1.54) is 17.2 Å². The second-order valence-corrected chi connectivity index (χ2v) is 9.28. The van der Waals surface area contributed by atoms with E-state index in [2.05, 4.69) is 53.4 Å². The summed E-state index contributed by atoms with van der Waals surface area (Å²) in [5, 5.41) is 19.7. The molecule has 0 spiro atoms. The van der Waals surface area contributed by atoms with E-state index in [0.29, 0.717) is 36.6 Å². The molecule has 0 fully saturated rings. The fourth-order valence-electron chi connectivity index (χ4n) is 4.55. The van der Waals surface area contributed by atoms with Gasteiger partial charge in [0.05, 0.1) is 19.6 Å². The molecule has 0 unspecified atom stereocenters. The number of furan rings is 1. The third kappa shape index (κ3) is 7.71. The second-order valence-electron chi connectivity index (χ2n) is 9.28. The van der Waals surface area contributed by atoms with Crippen LogP contribution in [0.4, 0.5) is 0 Å². The number of benzene rings is 3. The number of nitrogens with zero attached hydrogens (tertiary/aromatic N) is 1. The molecule has 3 aromatic carbocycles. The van der Waals surface area contributed by atoms with Gasteiger partial charge in [-0.3, -0.25) is 9.69 Å². The topological polar surface area (TPSA) is 109 Å². The van der Waals surface area contributed by atoms with Crippen molar-refractivity contribution in [2.75, 3.05) is 19.7 Å². The Hall–Kier alpha value is -4.07. The van der Waals surface area contributed by atoms with Crippen molar-refractivity contribution in [1.29, 1.82) is 0 Å². The van der Waals surface area contributed by atoms with Gasteiger partial charge in [-0.25, -0.2) is 0 Å². The minimum Gasteiger partial charge on any atom is -0.504 e. The van der Waals surface area contributed by atoms with E-state index in [9.17, 15) is 15.0 Å². The minimum atomic E-state index is -0.454. The lowest BCUT2D eigenvalue weighted by molar-refractivity contribution is -0.117. The third-order valence-corrected chi connectivity index (χ3v) is 6.38. The molecule has 0 atom stereocenters. The standard InChI is InChI=1S/C31H34N2O5/c32-31(36)19-23-12-15-30(29(35)18-23)37-17-7-16-33(20-26-13-14-27(22-34)38-26)21-28(24-8-3-1-4-9-24)25-10-5-2-6-11-25/h1-6,8-15,18,28,34-35H,7,16-17,19-22H2,(H2,32,36). The average Bonchev–Trinajstić information content (AvgIpc) is 3.38. The summed E-state index contributed by atoms with van der Waals surface area (Å²) in [6.07, 6.45) is 0.782. The molecule has 4 N–H and O–H groups in total. The van der Waals surface area contributed by atoms with E-state index < -0.39 is 5.91 Å². The number of amides is 1. The number of aliphatic hydroxyl groups excluding tert-OH is 1. The molecule has 0 aliphatic heterocycles. The highest BCUT2D eigenvalue weighted by molar-refractivity contribution is 5.76. The number of phenolic OH excluding ortho intramolecular Hbond substituents is 1. The molecule has 0 aliphatic carbocycles. The number of carbonyl (C=O) groups excluding carboxylic acids is 1. The van der Waals surface area contributed by atoms with Gasteiger partial charge in [0.2, 0.25) is 5.91 Å². The predicted molar refractivity (Wildman–Crippen MR) is 146 cm³/mol. The Morgan fingerprint density at radius 3 is 2.16 bits per heavy atom. The number of hydrogen-bond donors (Lipinski definition) is 3. The molecule has 1 aromatic heterocycles. The highest BCUT2D eigenvalue weighted by Gasteiger charge is 2.19. The van der Waals surface area contributed by atoms with Crippen molar-refractivity contribution in [3.63, 3.8) is 0 Å². The van der Waals surface area contributed by atoms with Gasteiger partial charge in [-0.05, 0) is 47.4 Å². The molecule has 7 heteroatoms. The van der Waals surface area contributed by atoms with Crippen molar-refractivity contribution in [2.45, 2.75) is 31.9 Å². The van der Waals surface area contributed by atoms with Gasteiger partial charge < -0.3 is 25.1 Å². The van der Waals surface area contributed by atoms with Gasteiger partial charge in [-0.2, -0.15) is 0 Å².